The Morgan fingerprint density at radius 1 is 1.15 bits per heavy atom. The predicted molar refractivity (Wildman–Crippen MR) is 95.7 cm³/mol. The molecule has 0 aliphatic carbocycles. The Labute approximate surface area is 157 Å². The normalized spacial score (nSPS) is 15.2. The molecule has 0 bridgehead atoms. The van der Waals surface area contributed by atoms with E-state index in [1.807, 2.05) is 0 Å². The summed E-state index contributed by atoms with van der Waals surface area (Å²) in [5.74, 6) is -0.705. The minimum atomic E-state index is -0.647. The fourth-order valence-corrected chi connectivity index (χ4v) is 2.85. The first-order valence-corrected chi connectivity index (χ1v) is 8.75. The van der Waals surface area contributed by atoms with Crippen LogP contribution < -0.4 is 0 Å². The topological polar surface area (TPSA) is 110 Å². The molecule has 1 aliphatic rings. The van der Waals surface area contributed by atoms with Crippen LogP contribution in [0.1, 0.15) is 38.4 Å². The van der Waals surface area contributed by atoms with Gasteiger partial charge >= 0.3 is 5.97 Å². The van der Waals surface area contributed by atoms with Crippen LogP contribution in [0.2, 0.25) is 0 Å². The van der Waals surface area contributed by atoms with E-state index in [-0.39, 0.29) is 30.3 Å². The van der Waals surface area contributed by atoms with Gasteiger partial charge in [-0.3, -0.25) is 24.5 Å². The van der Waals surface area contributed by atoms with Gasteiger partial charge in [-0.2, -0.15) is 0 Å². The molecule has 146 valence electrons. The quantitative estimate of drug-likeness (QED) is 0.424. The number of nitro groups is 1. The Morgan fingerprint density at radius 2 is 1.78 bits per heavy atom. The van der Waals surface area contributed by atoms with Crippen LogP contribution in [0.15, 0.2) is 24.3 Å². The van der Waals surface area contributed by atoms with Gasteiger partial charge in [-0.25, -0.2) is 0 Å². The number of esters is 1. The lowest BCUT2D eigenvalue weighted by Gasteiger charge is -2.34. The number of nitro benzene ring substituents is 1. The van der Waals surface area contributed by atoms with Crippen molar-refractivity contribution in [2.75, 3.05) is 26.2 Å². The number of benzene rings is 1. The molecule has 1 aromatic rings. The molecule has 1 heterocycles. The number of ether oxygens (including phenoxy) is 1. The van der Waals surface area contributed by atoms with E-state index in [4.69, 9.17) is 4.74 Å². The molecule has 27 heavy (non-hydrogen) atoms. The fourth-order valence-electron chi connectivity index (χ4n) is 2.85. The van der Waals surface area contributed by atoms with E-state index in [0.717, 1.165) is 0 Å². The smallest absolute Gasteiger partial charge is 0.306 e. The Morgan fingerprint density at radius 3 is 2.37 bits per heavy atom. The molecular formula is C18H23N3O6. The zero-order valence-electron chi connectivity index (χ0n) is 15.4. The summed E-state index contributed by atoms with van der Waals surface area (Å²) in [4.78, 5) is 49.1. The van der Waals surface area contributed by atoms with Crippen LogP contribution in [0.25, 0.3) is 0 Å². The van der Waals surface area contributed by atoms with Crippen molar-refractivity contribution in [1.29, 1.82) is 0 Å². The van der Waals surface area contributed by atoms with Crippen molar-refractivity contribution in [2.45, 2.75) is 32.8 Å². The van der Waals surface area contributed by atoms with Gasteiger partial charge in [-0.1, -0.05) is 12.1 Å². The summed E-state index contributed by atoms with van der Waals surface area (Å²) in [6, 6.07) is 5.90. The van der Waals surface area contributed by atoms with Crippen molar-refractivity contribution < 1.29 is 24.0 Å². The molecule has 1 atom stereocenters. The van der Waals surface area contributed by atoms with E-state index in [1.165, 1.54) is 25.1 Å². The van der Waals surface area contributed by atoms with E-state index < -0.39 is 17.0 Å². The summed E-state index contributed by atoms with van der Waals surface area (Å²) < 4.78 is 5.27. The number of carbonyl (C=O) groups excluding carboxylic acids is 3. The van der Waals surface area contributed by atoms with Gasteiger partial charge in [-0.15, -0.1) is 0 Å². The minimum absolute atomic E-state index is 0.0131. The van der Waals surface area contributed by atoms with E-state index in [1.54, 1.807) is 22.8 Å². The highest BCUT2D eigenvalue weighted by Gasteiger charge is 2.23. The third-order valence-corrected chi connectivity index (χ3v) is 4.48. The lowest BCUT2D eigenvalue weighted by molar-refractivity contribution is -0.385. The van der Waals surface area contributed by atoms with Crippen LogP contribution in [0.3, 0.4) is 0 Å². The number of non-ortho nitro benzene ring substituents is 1. The van der Waals surface area contributed by atoms with Crippen molar-refractivity contribution in [3.05, 3.63) is 39.9 Å². The second-order valence-electron chi connectivity index (χ2n) is 6.37. The molecule has 1 aliphatic heterocycles. The van der Waals surface area contributed by atoms with Crippen molar-refractivity contribution in [2.24, 2.45) is 0 Å². The number of nitrogens with zero attached hydrogens (tertiary/aromatic N) is 3. The Bertz CT molecular complexity index is 728. The van der Waals surface area contributed by atoms with Gasteiger partial charge in [0.2, 0.25) is 11.8 Å². The monoisotopic (exact) mass is 377 g/mol. The van der Waals surface area contributed by atoms with Gasteiger partial charge < -0.3 is 14.5 Å². The van der Waals surface area contributed by atoms with Crippen molar-refractivity contribution in [3.8, 4) is 0 Å². The first kappa shape index (κ1) is 20.3. The molecule has 0 radical (unpaired) electrons. The highest BCUT2D eigenvalue weighted by atomic mass is 16.6. The molecule has 0 aromatic heterocycles. The van der Waals surface area contributed by atoms with Crippen LogP contribution >= 0.6 is 0 Å². The van der Waals surface area contributed by atoms with E-state index in [0.29, 0.717) is 31.7 Å². The van der Waals surface area contributed by atoms with E-state index >= 15 is 0 Å². The Balaban J connectivity index is 1.79. The van der Waals surface area contributed by atoms with Crippen molar-refractivity contribution in [3.63, 3.8) is 0 Å². The van der Waals surface area contributed by atoms with Crippen molar-refractivity contribution in [1.82, 2.24) is 9.80 Å². The van der Waals surface area contributed by atoms with Crippen LogP contribution in [0.5, 0.6) is 0 Å². The van der Waals surface area contributed by atoms with Crippen LogP contribution in [-0.2, 0) is 19.1 Å². The second-order valence-corrected chi connectivity index (χ2v) is 6.37. The van der Waals surface area contributed by atoms with Gasteiger partial charge in [0.15, 0.2) is 0 Å². The molecule has 1 fully saturated rings. The third kappa shape index (κ3) is 5.77. The number of rotatable bonds is 6. The van der Waals surface area contributed by atoms with E-state index in [2.05, 4.69) is 0 Å². The average molecular weight is 377 g/mol. The summed E-state index contributed by atoms with van der Waals surface area (Å²) in [6.45, 7) is 5.02. The molecule has 0 unspecified atom stereocenters. The molecule has 0 N–H and O–H groups in total. The summed E-state index contributed by atoms with van der Waals surface area (Å²) >= 11 is 0. The maximum Gasteiger partial charge on any atom is 0.306 e. The first-order valence-electron chi connectivity index (χ1n) is 8.75. The SMILES string of the molecule is CC(=O)N1CCN(C(=O)CCC(=O)O[C@H](C)c2cccc([N+](=O)[O-])c2)CC1. The molecule has 0 spiro atoms. The van der Waals surface area contributed by atoms with Crippen LogP contribution in [-0.4, -0.2) is 58.7 Å². The molecule has 9 heteroatoms. The summed E-state index contributed by atoms with van der Waals surface area (Å²) in [5.41, 5.74) is 0.444. The number of amides is 2. The van der Waals surface area contributed by atoms with Gasteiger partial charge in [0.05, 0.1) is 11.3 Å². The average Bonchev–Trinajstić information content (AvgIpc) is 2.66. The number of piperazine rings is 1. The largest absolute Gasteiger partial charge is 0.458 e. The number of carbonyl (C=O) groups is 3. The number of hydrogen-bond acceptors (Lipinski definition) is 6. The Kier molecular flexibility index (Phi) is 6.86. The van der Waals surface area contributed by atoms with Crippen LogP contribution in [0.4, 0.5) is 5.69 Å². The third-order valence-electron chi connectivity index (χ3n) is 4.48. The van der Waals surface area contributed by atoms with Crippen LogP contribution in [0, 0.1) is 10.1 Å². The first-order chi connectivity index (χ1) is 12.8. The summed E-state index contributed by atoms with van der Waals surface area (Å²) in [6.07, 6.45) is -0.683. The number of hydrogen-bond donors (Lipinski definition) is 0. The molecule has 2 amide bonds. The highest BCUT2D eigenvalue weighted by molar-refractivity contribution is 5.82. The maximum absolute atomic E-state index is 12.2. The van der Waals surface area contributed by atoms with Gasteiger partial charge in [0.25, 0.3) is 5.69 Å². The highest BCUT2D eigenvalue weighted by Crippen LogP contribution is 2.22. The molecule has 1 saturated heterocycles. The summed E-state index contributed by atoms with van der Waals surface area (Å²) in [5, 5.41) is 10.8. The maximum atomic E-state index is 12.2. The van der Waals surface area contributed by atoms with Gasteiger partial charge in [-0.05, 0) is 12.5 Å². The molecule has 0 saturated carbocycles. The zero-order chi connectivity index (χ0) is 20.0. The molecule has 2 rings (SSSR count). The second kappa shape index (κ2) is 9.11. The lowest BCUT2D eigenvalue weighted by Crippen LogP contribution is -2.50. The molecular weight excluding hydrogens is 354 g/mol. The molecule has 1 aromatic carbocycles. The van der Waals surface area contributed by atoms with Gasteiger partial charge in [0, 0.05) is 51.7 Å². The lowest BCUT2D eigenvalue weighted by atomic mass is 10.1. The standard InChI is InChI=1S/C18H23N3O6/c1-13(15-4-3-5-16(12-15)21(25)26)27-18(24)7-6-17(23)20-10-8-19(9-11-20)14(2)22/h3-5,12-13H,6-11H2,1-2H3/t13-/m1/s1. The van der Waals surface area contributed by atoms with E-state index in [9.17, 15) is 24.5 Å². The fraction of sp³-hybridized carbons (Fsp3) is 0.500. The zero-order valence-corrected chi connectivity index (χ0v) is 15.4. The minimum Gasteiger partial charge on any atom is -0.458 e. The molecule has 9 nitrogen and oxygen atoms in total. The predicted octanol–water partition coefficient (Wildman–Crippen LogP) is 1.67. The summed E-state index contributed by atoms with van der Waals surface area (Å²) in [7, 11) is 0. The van der Waals surface area contributed by atoms with Gasteiger partial charge in [0.1, 0.15) is 6.10 Å². The van der Waals surface area contributed by atoms with Crippen molar-refractivity contribution >= 4 is 23.5 Å². The Hall–Kier alpha value is -2.97.